The molecule has 0 saturated heterocycles. The van der Waals surface area contributed by atoms with Gasteiger partial charge in [-0.05, 0) is 61.9 Å². The van der Waals surface area contributed by atoms with Crippen LogP contribution in [-0.4, -0.2) is 28.9 Å². The highest BCUT2D eigenvalue weighted by Gasteiger charge is 2.33. The molecule has 2 aromatic carbocycles. The number of esters is 1. The quantitative estimate of drug-likeness (QED) is 0.375. The average molecular weight is 508 g/mol. The monoisotopic (exact) mass is 507 g/mol. The zero-order valence-corrected chi connectivity index (χ0v) is 21.2. The van der Waals surface area contributed by atoms with Gasteiger partial charge in [0.05, 0.1) is 33.9 Å². The van der Waals surface area contributed by atoms with Crippen molar-refractivity contribution >= 4 is 41.1 Å². The fourth-order valence-electron chi connectivity index (χ4n) is 3.83. The van der Waals surface area contributed by atoms with Crippen molar-refractivity contribution in [1.82, 2.24) is 4.57 Å². The average Bonchev–Trinajstić information content (AvgIpc) is 3.12. The second kappa shape index (κ2) is 10.1. The Morgan fingerprint density at radius 3 is 2.37 bits per heavy atom. The predicted molar refractivity (Wildman–Crippen MR) is 134 cm³/mol. The topological polar surface area (TPSA) is 101 Å². The van der Waals surface area contributed by atoms with Gasteiger partial charge in [0.2, 0.25) is 0 Å². The van der Waals surface area contributed by atoms with E-state index >= 15 is 0 Å². The number of allylic oxidation sites excluding steroid dienone is 1. The first-order chi connectivity index (χ1) is 16.7. The van der Waals surface area contributed by atoms with Crippen LogP contribution < -0.4 is 20.0 Å². The van der Waals surface area contributed by atoms with Gasteiger partial charge in [0.25, 0.3) is 5.56 Å². The number of thiazole rings is 1. The van der Waals surface area contributed by atoms with E-state index in [1.54, 1.807) is 50.7 Å². The minimum atomic E-state index is -1.26. The molecule has 0 N–H and O–H groups in total. The van der Waals surface area contributed by atoms with Crippen molar-refractivity contribution in [2.75, 3.05) is 6.26 Å². The Hall–Kier alpha value is -3.43. The third-order valence-electron chi connectivity index (χ3n) is 5.46. The molecule has 0 radical (unpaired) electrons. The van der Waals surface area contributed by atoms with Crippen molar-refractivity contribution in [1.29, 1.82) is 0 Å². The maximum Gasteiger partial charge on any atom is 0.338 e. The lowest BCUT2D eigenvalue weighted by molar-refractivity contribution is -0.255. The Labute approximate surface area is 210 Å². The van der Waals surface area contributed by atoms with Gasteiger partial charge >= 0.3 is 5.97 Å². The molecule has 0 amide bonds. The van der Waals surface area contributed by atoms with E-state index < -0.39 is 18.0 Å². The molecule has 0 saturated carbocycles. The molecule has 1 aliphatic rings. The van der Waals surface area contributed by atoms with Crippen molar-refractivity contribution in [2.45, 2.75) is 37.8 Å². The molecule has 0 fully saturated rings. The lowest BCUT2D eigenvalue weighted by Crippen LogP contribution is -2.40. The Morgan fingerprint density at radius 2 is 1.80 bits per heavy atom. The van der Waals surface area contributed by atoms with Gasteiger partial charge in [0, 0.05) is 4.90 Å². The standard InChI is InChI=1S/C26H24N2O5S2/c1-14(2)33-25(32)21-15(3)27-26-28(22(21)17-9-11-19(34-4)12-10-17)23(29)20(35-26)13-16-5-7-18(8-6-16)24(30)31/h5-14,22H,1-4H3,(H,30,31)/p-1/b20-13+/t22-/m0/s1. The van der Waals surface area contributed by atoms with Gasteiger partial charge in [-0.2, -0.15) is 0 Å². The molecular formula is C26H23N2O5S2-. The first kappa shape index (κ1) is 24.7. The summed E-state index contributed by atoms with van der Waals surface area (Å²) in [6, 6.07) is 13.1. The molecule has 180 valence electrons. The number of hydrogen-bond acceptors (Lipinski definition) is 8. The van der Waals surface area contributed by atoms with Crippen LogP contribution in [0.15, 0.2) is 74.5 Å². The second-order valence-corrected chi connectivity index (χ2v) is 10.1. The summed E-state index contributed by atoms with van der Waals surface area (Å²) < 4.78 is 7.46. The van der Waals surface area contributed by atoms with Crippen molar-refractivity contribution in [3.8, 4) is 0 Å². The first-order valence-electron chi connectivity index (χ1n) is 10.9. The molecule has 1 aliphatic heterocycles. The molecule has 0 spiro atoms. The van der Waals surface area contributed by atoms with Gasteiger partial charge < -0.3 is 14.6 Å². The lowest BCUT2D eigenvalue weighted by atomic mass is 9.96. The molecular weight excluding hydrogens is 484 g/mol. The number of carbonyl (C=O) groups excluding carboxylic acids is 2. The van der Waals surface area contributed by atoms with E-state index in [2.05, 4.69) is 4.99 Å². The Morgan fingerprint density at radius 1 is 1.14 bits per heavy atom. The van der Waals surface area contributed by atoms with Gasteiger partial charge in [-0.25, -0.2) is 9.79 Å². The van der Waals surface area contributed by atoms with E-state index in [4.69, 9.17) is 4.74 Å². The maximum atomic E-state index is 13.6. The van der Waals surface area contributed by atoms with Gasteiger partial charge in [-0.3, -0.25) is 9.36 Å². The number of hydrogen-bond donors (Lipinski definition) is 0. The molecule has 1 atom stereocenters. The largest absolute Gasteiger partial charge is 0.545 e. The summed E-state index contributed by atoms with van der Waals surface area (Å²) in [7, 11) is 0. The van der Waals surface area contributed by atoms with Crippen LogP contribution in [0.4, 0.5) is 0 Å². The van der Waals surface area contributed by atoms with Crippen LogP contribution in [-0.2, 0) is 9.53 Å². The molecule has 0 unspecified atom stereocenters. The van der Waals surface area contributed by atoms with Crippen LogP contribution in [0, 0.1) is 0 Å². The van der Waals surface area contributed by atoms with Gasteiger partial charge in [-0.1, -0.05) is 47.7 Å². The number of ether oxygens (including phenoxy) is 1. The van der Waals surface area contributed by atoms with E-state index in [0.29, 0.717) is 26.2 Å². The number of fused-ring (bicyclic) bond motifs is 1. The molecule has 9 heteroatoms. The fraction of sp³-hybridized carbons (Fsp3) is 0.231. The van der Waals surface area contributed by atoms with Crippen LogP contribution in [0.3, 0.4) is 0 Å². The number of thioether (sulfide) groups is 1. The molecule has 0 aliphatic carbocycles. The van der Waals surface area contributed by atoms with Crippen molar-refractivity contribution in [2.24, 2.45) is 4.99 Å². The highest BCUT2D eigenvalue weighted by Crippen LogP contribution is 2.32. The number of rotatable bonds is 6. The summed E-state index contributed by atoms with van der Waals surface area (Å²) in [6.07, 6.45) is 3.34. The summed E-state index contributed by atoms with van der Waals surface area (Å²) in [5.74, 6) is -1.77. The zero-order valence-electron chi connectivity index (χ0n) is 19.6. The lowest BCUT2D eigenvalue weighted by Gasteiger charge is -2.25. The molecule has 4 rings (SSSR count). The molecule has 2 heterocycles. The number of aromatic nitrogens is 1. The Bertz CT molecular complexity index is 1500. The van der Waals surface area contributed by atoms with Crippen LogP contribution in [0.1, 0.15) is 48.3 Å². The molecule has 3 aromatic rings. The SMILES string of the molecule is CSc1ccc([C@H]2C(C(=O)OC(C)C)=C(C)N=c3s/c(=C/c4ccc(C(=O)[O-])cc4)c(=O)n32)cc1. The number of carboxylic acid groups (broad SMARTS) is 1. The molecule has 7 nitrogen and oxygen atoms in total. The number of aromatic carboxylic acids is 1. The van der Waals surface area contributed by atoms with E-state index in [1.165, 1.54) is 28.0 Å². The molecule has 35 heavy (non-hydrogen) atoms. The van der Waals surface area contributed by atoms with Crippen LogP contribution in [0.25, 0.3) is 6.08 Å². The number of benzene rings is 2. The third kappa shape index (κ3) is 5.01. The zero-order chi connectivity index (χ0) is 25.3. The summed E-state index contributed by atoms with van der Waals surface area (Å²) >= 11 is 2.82. The Kier molecular flexibility index (Phi) is 7.09. The number of carbonyl (C=O) groups is 2. The second-order valence-electron chi connectivity index (χ2n) is 8.22. The van der Waals surface area contributed by atoms with Crippen molar-refractivity contribution in [3.63, 3.8) is 0 Å². The highest BCUT2D eigenvalue weighted by atomic mass is 32.2. The highest BCUT2D eigenvalue weighted by molar-refractivity contribution is 7.98. The van der Waals surface area contributed by atoms with E-state index in [-0.39, 0.29) is 17.2 Å². The van der Waals surface area contributed by atoms with Gasteiger partial charge in [0.15, 0.2) is 4.80 Å². The fourth-order valence-corrected chi connectivity index (χ4v) is 5.28. The summed E-state index contributed by atoms with van der Waals surface area (Å²) in [4.78, 5) is 43.8. The van der Waals surface area contributed by atoms with E-state index in [1.807, 2.05) is 30.5 Å². The predicted octanol–water partition coefficient (Wildman–Crippen LogP) is 2.27. The van der Waals surface area contributed by atoms with Crippen molar-refractivity contribution in [3.05, 3.63) is 96.2 Å². The van der Waals surface area contributed by atoms with E-state index in [9.17, 15) is 19.5 Å². The summed E-state index contributed by atoms with van der Waals surface area (Å²) in [5, 5.41) is 11.0. The van der Waals surface area contributed by atoms with Crippen LogP contribution in [0.2, 0.25) is 0 Å². The number of carboxylic acids is 1. The first-order valence-corrected chi connectivity index (χ1v) is 12.9. The number of nitrogens with zero attached hydrogens (tertiary/aromatic N) is 2. The van der Waals surface area contributed by atoms with Gasteiger partial charge in [0.1, 0.15) is 0 Å². The minimum absolute atomic E-state index is 0.0567. The summed E-state index contributed by atoms with van der Waals surface area (Å²) in [5.41, 5.74) is 2.03. The normalized spacial score (nSPS) is 15.7. The summed E-state index contributed by atoms with van der Waals surface area (Å²) in [6.45, 7) is 5.30. The van der Waals surface area contributed by atoms with Crippen LogP contribution >= 0.6 is 23.1 Å². The van der Waals surface area contributed by atoms with Crippen LogP contribution in [0.5, 0.6) is 0 Å². The Balaban J connectivity index is 1.89. The van der Waals surface area contributed by atoms with E-state index in [0.717, 1.165) is 10.5 Å². The third-order valence-corrected chi connectivity index (χ3v) is 7.19. The van der Waals surface area contributed by atoms with Gasteiger partial charge in [-0.15, -0.1) is 11.8 Å². The smallest absolute Gasteiger partial charge is 0.338 e. The molecule has 1 aromatic heterocycles. The molecule has 0 bridgehead atoms. The van der Waals surface area contributed by atoms with Crippen molar-refractivity contribution < 1.29 is 19.4 Å². The maximum absolute atomic E-state index is 13.6. The minimum Gasteiger partial charge on any atom is -0.545 e.